The van der Waals surface area contributed by atoms with Gasteiger partial charge >= 0.3 is 0 Å². The molecule has 4 rings (SSSR count). The van der Waals surface area contributed by atoms with Crippen LogP contribution in [0.4, 0.5) is 5.69 Å². The molecule has 0 unspecified atom stereocenters. The van der Waals surface area contributed by atoms with Gasteiger partial charge in [0.05, 0.1) is 10.6 Å². The van der Waals surface area contributed by atoms with Crippen LogP contribution in [0.5, 0.6) is 0 Å². The third-order valence-corrected chi connectivity index (χ3v) is 8.87. The van der Waals surface area contributed by atoms with E-state index in [0.29, 0.717) is 29.6 Å². The Morgan fingerprint density at radius 1 is 1.27 bits per heavy atom. The van der Waals surface area contributed by atoms with Gasteiger partial charge in [0.1, 0.15) is 0 Å². The number of likely N-dealkylation sites (tertiary alicyclic amines) is 1. The number of piperidine rings is 1. The molecule has 2 aliphatic heterocycles. The van der Waals surface area contributed by atoms with Gasteiger partial charge in [-0.1, -0.05) is 13.0 Å². The van der Waals surface area contributed by atoms with Crippen LogP contribution in [0.25, 0.3) is 0 Å². The van der Waals surface area contributed by atoms with E-state index in [-0.39, 0.29) is 17.3 Å². The Labute approximate surface area is 184 Å². The minimum absolute atomic E-state index is 0.0773. The SMILES string of the molecule is CC1CCN(C(=O)[C@H]2Sc3ccc(S(=O)(=O)NCc4cccs4)cc3NC2=O)CC1. The molecule has 1 aromatic carbocycles. The molecule has 30 heavy (non-hydrogen) atoms. The number of nitrogens with zero attached hydrogens (tertiary/aromatic N) is 1. The fourth-order valence-electron chi connectivity index (χ4n) is 3.48. The van der Waals surface area contributed by atoms with Gasteiger partial charge in [-0.3, -0.25) is 9.59 Å². The molecule has 2 aromatic rings. The van der Waals surface area contributed by atoms with E-state index in [9.17, 15) is 18.0 Å². The second-order valence-corrected chi connectivity index (χ2v) is 11.5. The van der Waals surface area contributed by atoms with Crippen LogP contribution in [-0.2, 0) is 26.2 Å². The molecule has 1 aromatic heterocycles. The maximum Gasteiger partial charge on any atom is 0.247 e. The summed E-state index contributed by atoms with van der Waals surface area (Å²) in [7, 11) is -3.72. The van der Waals surface area contributed by atoms with Crippen LogP contribution >= 0.6 is 23.1 Å². The lowest BCUT2D eigenvalue weighted by molar-refractivity contribution is -0.135. The van der Waals surface area contributed by atoms with Crippen molar-refractivity contribution < 1.29 is 18.0 Å². The highest BCUT2D eigenvalue weighted by Gasteiger charge is 2.37. The second kappa shape index (κ2) is 8.70. The number of nitrogens with one attached hydrogen (secondary N) is 2. The van der Waals surface area contributed by atoms with Crippen molar-refractivity contribution in [3.63, 3.8) is 0 Å². The molecule has 0 aliphatic carbocycles. The summed E-state index contributed by atoms with van der Waals surface area (Å²) in [6, 6.07) is 8.32. The van der Waals surface area contributed by atoms with Gasteiger partial charge in [-0.25, -0.2) is 13.1 Å². The zero-order valence-electron chi connectivity index (χ0n) is 16.5. The van der Waals surface area contributed by atoms with Crippen LogP contribution < -0.4 is 10.0 Å². The fraction of sp³-hybridized carbons (Fsp3) is 0.400. The van der Waals surface area contributed by atoms with Crippen LogP contribution in [0, 0.1) is 5.92 Å². The molecule has 2 amide bonds. The van der Waals surface area contributed by atoms with Gasteiger partial charge in [-0.05, 0) is 48.4 Å². The smallest absolute Gasteiger partial charge is 0.247 e. The molecule has 160 valence electrons. The Balaban J connectivity index is 1.47. The summed E-state index contributed by atoms with van der Waals surface area (Å²) in [4.78, 5) is 28.9. The number of thiophene rings is 1. The lowest BCUT2D eigenvalue weighted by atomic mass is 9.99. The lowest BCUT2D eigenvalue weighted by Crippen LogP contribution is -2.47. The highest BCUT2D eigenvalue weighted by Crippen LogP contribution is 2.38. The topological polar surface area (TPSA) is 95.6 Å². The highest BCUT2D eigenvalue weighted by molar-refractivity contribution is 8.01. The molecule has 0 bridgehead atoms. The van der Waals surface area contributed by atoms with Gasteiger partial charge in [0.15, 0.2) is 5.25 Å². The Kier molecular flexibility index (Phi) is 6.19. The molecule has 2 aliphatic rings. The Morgan fingerprint density at radius 3 is 2.73 bits per heavy atom. The van der Waals surface area contributed by atoms with Crippen molar-refractivity contribution in [1.29, 1.82) is 0 Å². The molecule has 2 N–H and O–H groups in total. The second-order valence-electron chi connectivity index (χ2n) is 7.56. The van der Waals surface area contributed by atoms with Crippen molar-refractivity contribution in [2.24, 2.45) is 5.92 Å². The van der Waals surface area contributed by atoms with Gasteiger partial charge < -0.3 is 10.2 Å². The summed E-state index contributed by atoms with van der Waals surface area (Å²) in [5.41, 5.74) is 0.417. The third-order valence-electron chi connectivity index (χ3n) is 5.34. The number of amides is 2. The Hall–Kier alpha value is -1.88. The normalized spacial score (nSPS) is 20.0. The zero-order chi connectivity index (χ0) is 21.3. The molecule has 1 saturated heterocycles. The van der Waals surface area contributed by atoms with E-state index < -0.39 is 21.2 Å². The number of fused-ring (bicyclic) bond motifs is 1. The predicted octanol–water partition coefficient (Wildman–Crippen LogP) is 2.90. The third kappa shape index (κ3) is 4.56. The first-order chi connectivity index (χ1) is 14.3. The van der Waals surface area contributed by atoms with Crippen molar-refractivity contribution in [2.75, 3.05) is 18.4 Å². The molecular weight excluding hydrogens is 442 g/mol. The van der Waals surface area contributed by atoms with Gasteiger partial charge in [0.2, 0.25) is 21.8 Å². The van der Waals surface area contributed by atoms with Gasteiger partial charge in [0, 0.05) is 29.4 Å². The number of thioether (sulfide) groups is 1. The summed E-state index contributed by atoms with van der Waals surface area (Å²) < 4.78 is 27.8. The summed E-state index contributed by atoms with van der Waals surface area (Å²) in [6.45, 7) is 3.72. The van der Waals surface area contributed by atoms with Crippen molar-refractivity contribution in [3.05, 3.63) is 40.6 Å². The monoisotopic (exact) mass is 465 g/mol. The molecule has 0 radical (unpaired) electrons. The molecule has 0 spiro atoms. The van der Waals surface area contributed by atoms with E-state index in [2.05, 4.69) is 17.0 Å². The van der Waals surface area contributed by atoms with E-state index in [1.807, 2.05) is 17.5 Å². The maximum absolute atomic E-state index is 12.8. The number of hydrogen-bond donors (Lipinski definition) is 2. The van der Waals surface area contributed by atoms with Crippen molar-refractivity contribution in [1.82, 2.24) is 9.62 Å². The first-order valence-corrected chi connectivity index (χ1v) is 13.0. The molecule has 1 fully saturated rings. The van der Waals surface area contributed by atoms with Crippen molar-refractivity contribution >= 4 is 50.6 Å². The van der Waals surface area contributed by atoms with Gasteiger partial charge in [-0.15, -0.1) is 23.1 Å². The number of rotatable bonds is 5. The number of hydrogen-bond acceptors (Lipinski definition) is 6. The maximum atomic E-state index is 12.8. The summed E-state index contributed by atoms with van der Waals surface area (Å²) >= 11 is 2.65. The van der Waals surface area contributed by atoms with Crippen LogP contribution in [0.3, 0.4) is 0 Å². The van der Waals surface area contributed by atoms with E-state index in [1.54, 1.807) is 11.0 Å². The number of anilines is 1. The minimum Gasteiger partial charge on any atom is -0.341 e. The van der Waals surface area contributed by atoms with Crippen molar-refractivity contribution in [3.8, 4) is 0 Å². The van der Waals surface area contributed by atoms with E-state index in [1.165, 1.54) is 35.2 Å². The number of sulfonamides is 1. The van der Waals surface area contributed by atoms with Crippen LogP contribution in [0.1, 0.15) is 24.6 Å². The van der Waals surface area contributed by atoms with Crippen molar-refractivity contribution in [2.45, 2.75) is 41.4 Å². The summed E-state index contributed by atoms with van der Waals surface area (Å²) in [5.74, 6) is 0.0120. The van der Waals surface area contributed by atoms with E-state index in [4.69, 9.17) is 0 Å². The predicted molar refractivity (Wildman–Crippen MR) is 118 cm³/mol. The van der Waals surface area contributed by atoms with Gasteiger partial charge in [0.25, 0.3) is 0 Å². The van der Waals surface area contributed by atoms with Gasteiger partial charge in [-0.2, -0.15) is 0 Å². The molecular formula is C20H23N3O4S3. The number of carbonyl (C=O) groups excluding carboxylic acids is 2. The van der Waals surface area contributed by atoms with Crippen LogP contribution in [0.15, 0.2) is 45.5 Å². The molecule has 7 nitrogen and oxygen atoms in total. The lowest BCUT2D eigenvalue weighted by Gasteiger charge is -2.33. The fourth-order valence-corrected chi connectivity index (χ4v) is 6.30. The summed E-state index contributed by atoms with van der Waals surface area (Å²) in [6.07, 6.45) is 1.89. The first kappa shape index (κ1) is 21.4. The number of carbonyl (C=O) groups is 2. The van der Waals surface area contributed by atoms with E-state index in [0.717, 1.165) is 17.7 Å². The molecule has 3 heterocycles. The summed E-state index contributed by atoms with van der Waals surface area (Å²) in [5, 5.41) is 3.77. The number of benzene rings is 1. The van der Waals surface area contributed by atoms with E-state index >= 15 is 0 Å². The Morgan fingerprint density at radius 2 is 2.03 bits per heavy atom. The molecule has 0 saturated carbocycles. The molecule has 1 atom stereocenters. The standard InChI is InChI=1S/C20H23N3O4S3/c1-13-6-8-23(9-7-13)20(25)18-19(24)22-16-11-15(4-5-17(16)29-18)30(26,27)21-12-14-3-2-10-28-14/h2-5,10-11,13,18,21H,6-9,12H2,1H3,(H,22,24)/t18-/m0/s1. The largest absolute Gasteiger partial charge is 0.341 e. The van der Waals surface area contributed by atoms with Crippen LogP contribution in [-0.4, -0.2) is 43.5 Å². The Bertz CT molecular complexity index is 1050. The first-order valence-electron chi connectivity index (χ1n) is 9.76. The molecule has 10 heteroatoms. The quantitative estimate of drug-likeness (QED) is 0.662. The average Bonchev–Trinajstić information content (AvgIpc) is 3.25. The zero-order valence-corrected chi connectivity index (χ0v) is 18.9. The average molecular weight is 466 g/mol. The van der Waals surface area contributed by atoms with Crippen LogP contribution in [0.2, 0.25) is 0 Å². The minimum atomic E-state index is -3.72. The highest BCUT2D eigenvalue weighted by atomic mass is 32.2.